The number of hydrogen-bond donors (Lipinski definition) is 2. The van der Waals surface area contributed by atoms with Gasteiger partial charge in [-0.3, -0.25) is 10.2 Å². The van der Waals surface area contributed by atoms with Gasteiger partial charge in [0.15, 0.2) is 0 Å². The van der Waals surface area contributed by atoms with Gasteiger partial charge in [-0.2, -0.15) is 0 Å². The standard InChI is InChI=1S/C19H22N2O2/c1-4-14(2)18(16-11-8-12-17(13-16)23-3)20-21-19(22)15-9-6-5-7-10-15/h4-14,18,20H,1H2,2-3H3,(H,21,22)/t14-,18-/m1/s1. The van der Waals surface area contributed by atoms with Crippen molar-refractivity contribution in [3.63, 3.8) is 0 Å². The molecule has 0 aliphatic rings. The van der Waals surface area contributed by atoms with Gasteiger partial charge in [-0.15, -0.1) is 6.58 Å². The van der Waals surface area contributed by atoms with Crippen LogP contribution in [-0.2, 0) is 0 Å². The molecule has 0 aliphatic carbocycles. The fourth-order valence-electron chi connectivity index (χ4n) is 2.29. The van der Waals surface area contributed by atoms with Crippen molar-refractivity contribution in [3.05, 3.63) is 78.4 Å². The number of hydrogen-bond acceptors (Lipinski definition) is 3. The Hall–Kier alpha value is -2.59. The number of amides is 1. The molecule has 0 fully saturated rings. The van der Waals surface area contributed by atoms with Crippen molar-refractivity contribution < 1.29 is 9.53 Å². The van der Waals surface area contributed by atoms with Gasteiger partial charge in [0.05, 0.1) is 13.2 Å². The Balaban J connectivity index is 2.13. The van der Waals surface area contributed by atoms with Gasteiger partial charge in [0.1, 0.15) is 5.75 Å². The highest BCUT2D eigenvalue weighted by Crippen LogP contribution is 2.25. The average Bonchev–Trinajstić information content (AvgIpc) is 2.62. The molecular formula is C19H22N2O2. The third-order valence-electron chi connectivity index (χ3n) is 3.73. The van der Waals surface area contributed by atoms with Crippen LogP contribution in [0.5, 0.6) is 5.75 Å². The molecule has 2 aromatic carbocycles. The fraction of sp³-hybridized carbons (Fsp3) is 0.211. The normalized spacial score (nSPS) is 13.0. The third-order valence-corrected chi connectivity index (χ3v) is 3.73. The minimum Gasteiger partial charge on any atom is -0.497 e. The first-order valence-corrected chi connectivity index (χ1v) is 7.53. The average molecular weight is 310 g/mol. The second-order valence-corrected chi connectivity index (χ2v) is 5.31. The lowest BCUT2D eigenvalue weighted by molar-refractivity contribution is 0.0921. The predicted molar refractivity (Wildman–Crippen MR) is 92.1 cm³/mol. The summed E-state index contributed by atoms with van der Waals surface area (Å²) in [5, 5.41) is 0. The number of nitrogens with one attached hydrogen (secondary N) is 2. The third kappa shape index (κ3) is 4.44. The van der Waals surface area contributed by atoms with Crippen molar-refractivity contribution in [2.75, 3.05) is 7.11 Å². The molecule has 120 valence electrons. The molecule has 0 spiro atoms. The Morgan fingerprint density at radius 2 is 1.91 bits per heavy atom. The molecule has 4 heteroatoms. The molecule has 0 radical (unpaired) electrons. The quantitative estimate of drug-likeness (QED) is 0.608. The van der Waals surface area contributed by atoms with E-state index < -0.39 is 0 Å². The zero-order valence-corrected chi connectivity index (χ0v) is 13.5. The first kappa shape index (κ1) is 16.8. The Labute approximate surface area is 137 Å². The van der Waals surface area contributed by atoms with Crippen LogP contribution < -0.4 is 15.6 Å². The second kappa shape index (κ2) is 8.15. The van der Waals surface area contributed by atoms with Crippen LogP contribution in [-0.4, -0.2) is 13.0 Å². The highest BCUT2D eigenvalue weighted by Gasteiger charge is 2.18. The Morgan fingerprint density at radius 1 is 1.17 bits per heavy atom. The molecule has 23 heavy (non-hydrogen) atoms. The van der Waals surface area contributed by atoms with Crippen LogP contribution in [0.25, 0.3) is 0 Å². The number of methoxy groups -OCH3 is 1. The van der Waals surface area contributed by atoms with Gasteiger partial charge in [0, 0.05) is 5.56 Å². The molecule has 0 unspecified atom stereocenters. The summed E-state index contributed by atoms with van der Waals surface area (Å²) in [6.07, 6.45) is 1.85. The minimum atomic E-state index is -0.172. The maximum atomic E-state index is 12.2. The van der Waals surface area contributed by atoms with Gasteiger partial charge in [-0.1, -0.05) is 43.3 Å². The SMILES string of the molecule is C=C[C@@H](C)[C@@H](NNC(=O)c1ccccc1)c1cccc(OC)c1. The first-order chi connectivity index (χ1) is 11.2. The van der Waals surface area contributed by atoms with Crippen molar-refractivity contribution in [2.24, 2.45) is 5.92 Å². The minimum absolute atomic E-state index is 0.102. The molecule has 0 saturated carbocycles. The van der Waals surface area contributed by atoms with Crippen LogP contribution in [0.4, 0.5) is 0 Å². The summed E-state index contributed by atoms with van der Waals surface area (Å²) in [5.41, 5.74) is 7.51. The van der Waals surface area contributed by atoms with Gasteiger partial charge in [-0.25, -0.2) is 5.43 Å². The van der Waals surface area contributed by atoms with E-state index in [2.05, 4.69) is 17.4 Å². The lowest BCUT2D eigenvalue weighted by atomic mass is 9.95. The monoisotopic (exact) mass is 310 g/mol. The summed E-state index contributed by atoms with van der Waals surface area (Å²) in [6, 6.07) is 16.8. The number of hydrazine groups is 1. The van der Waals surface area contributed by atoms with E-state index in [0.29, 0.717) is 5.56 Å². The molecule has 0 bridgehead atoms. The lowest BCUT2D eigenvalue weighted by Crippen LogP contribution is -2.42. The van der Waals surface area contributed by atoms with E-state index in [9.17, 15) is 4.79 Å². The van der Waals surface area contributed by atoms with Crippen LogP contribution in [0.1, 0.15) is 28.9 Å². The van der Waals surface area contributed by atoms with Crippen molar-refractivity contribution in [2.45, 2.75) is 13.0 Å². The highest BCUT2D eigenvalue weighted by atomic mass is 16.5. The second-order valence-electron chi connectivity index (χ2n) is 5.31. The molecule has 2 N–H and O–H groups in total. The topological polar surface area (TPSA) is 50.4 Å². The van der Waals surface area contributed by atoms with Crippen molar-refractivity contribution in [1.29, 1.82) is 0 Å². The van der Waals surface area contributed by atoms with Gasteiger partial charge in [0.25, 0.3) is 5.91 Å². The van der Waals surface area contributed by atoms with E-state index in [1.54, 1.807) is 19.2 Å². The van der Waals surface area contributed by atoms with Gasteiger partial charge in [0.2, 0.25) is 0 Å². The van der Waals surface area contributed by atoms with Crippen LogP contribution in [0.2, 0.25) is 0 Å². The molecule has 0 aliphatic heterocycles. The largest absolute Gasteiger partial charge is 0.497 e. The summed E-state index contributed by atoms with van der Waals surface area (Å²) in [7, 11) is 1.63. The van der Waals surface area contributed by atoms with Crippen molar-refractivity contribution in [3.8, 4) is 5.75 Å². The Morgan fingerprint density at radius 3 is 2.57 bits per heavy atom. The number of carbonyl (C=O) groups excluding carboxylic acids is 1. The molecule has 0 aromatic heterocycles. The van der Waals surface area contributed by atoms with Crippen LogP contribution in [0.15, 0.2) is 67.3 Å². The predicted octanol–water partition coefficient (Wildman–Crippen LogP) is 3.49. The van der Waals surface area contributed by atoms with E-state index in [4.69, 9.17) is 4.74 Å². The smallest absolute Gasteiger partial charge is 0.265 e. The summed E-state index contributed by atoms with van der Waals surface area (Å²) < 4.78 is 5.27. The summed E-state index contributed by atoms with van der Waals surface area (Å²) in [5.74, 6) is 0.730. The van der Waals surface area contributed by atoms with Crippen LogP contribution in [0, 0.1) is 5.92 Å². The molecule has 2 atom stereocenters. The van der Waals surface area contributed by atoms with Gasteiger partial charge >= 0.3 is 0 Å². The molecule has 2 aromatic rings. The number of rotatable bonds is 7. The zero-order valence-electron chi connectivity index (χ0n) is 13.5. The molecule has 4 nitrogen and oxygen atoms in total. The Bertz CT molecular complexity index is 655. The van der Waals surface area contributed by atoms with Crippen LogP contribution >= 0.6 is 0 Å². The molecular weight excluding hydrogens is 288 g/mol. The van der Waals surface area contributed by atoms with Gasteiger partial charge < -0.3 is 4.74 Å². The first-order valence-electron chi connectivity index (χ1n) is 7.53. The number of benzene rings is 2. The van der Waals surface area contributed by atoms with E-state index in [0.717, 1.165) is 11.3 Å². The Kier molecular flexibility index (Phi) is 5.94. The maximum Gasteiger partial charge on any atom is 0.265 e. The van der Waals surface area contributed by atoms with E-state index in [-0.39, 0.29) is 17.9 Å². The molecule has 1 amide bonds. The maximum absolute atomic E-state index is 12.2. The van der Waals surface area contributed by atoms with E-state index in [1.807, 2.05) is 55.5 Å². The molecule has 0 saturated heterocycles. The number of ether oxygens (including phenoxy) is 1. The lowest BCUT2D eigenvalue weighted by Gasteiger charge is -2.24. The summed E-state index contributed by atoms with van der Waals surface area (Å²) in [4.78, 5) is 12.2. The summed E-state index contributed by atoms with van der Waals surface area (Å²) >= 11 is 0. The number of carbonyl (C=O) groups is 1. The fourth-order valence-corrected chi connectivity index (χ4v) is 2.29. The molecule has 2 rings (SSSR count). The molecule has 0 heterocycles. The van der Waals surface area contributed by atoms with E-state index in [1.165, 1.54) is 0 Å². The van der Waals surface area contributed by atoms with Gasteiger partial charge in [-0.05, 0) is 35.7 Å². The van der Waals surface area contributed by atoms with E-state index >= 15 is 0 Å². The van der Waals surface area contributed by atoms with Crippen molar-refractivity contribution in [1.82, 2.24) is 10.9 Å². The summed E-state index contributed by atoms with van der Waals surface area (Å²) in [6.45, 7) is 5.89. The van der Waals surface area contributed by atoms with Crippen LogP contribution in [0.3, 0.4) is 0 Å². The zero-order chi connectivity index (χ0) is 16.7. The van der Waals surface area contributed by atoms with Crippen molar-refractivity contribution >= 4 is 5.91 Å². The highest BCUT2D eigenvalue weighted by molar-refractivity contribution is 5.93.